The van der Waals surface area contributed by atoms with Crippen LogP contribution in [0.1, 0.15) is 48.7 Å². The molecule has 1 aromatic rings. The summed E-state index contributed by atoms with van der Waals surface area (Å²) in [6, 6.07) is 3.02. The molecule has 0 unspecified atom stereocenters. The molecule has 1 aromatic heterocycles. The lowest BCUT2D eigenvalue weighted by Gasteiger charge is -2.28. The Morgan fingerprint density at radius 1 is 1.40 bits per heavy atom. The standard InChI is InChI=1S/C15H22N2O3/c1-3-12-8-11(9-13(18)16-12)14(19)17(2)10-15(20)6-4-5-7-15/h8-9,20H,3-7,10H2,1-2H3,(H,16,18). The highest BCUT2D eigenvalue weighted by Gasteiger charge is 2.33. The van der Waals surface area contributed by atoms with Crippen LogP contribution in [0.5, 0.6) is 0 Å². The largest absolute Gasteiger partial charge is 0.388 e. The van der Waals surface area contributed by atoms with E-state index in [2.05, 4.69) is 4.98 Å². The van der Waals surface area contributed by atoms with Crippen molar-refractivity contribution < 1.29 is 9.90 Å². The number of aromatic amines is 1. The predicted molar refractivity (Wildman–Crippen MR) is 76.8 cm³/mol. The number of aryl methyl sites for hydroxylation is 1. The van der Waals surface area contributed by atoms with Gasteiger partial charge in [0.1, 0.15) is 0 Å². The van der Waals surface area contributed by atoms with Crippen molar-refractivity contribution in [1.82, 2.24) is 9.88 Å². The highest BCUT2D eigenvalue weighted by Crippen LogP contribution is 2.30. The molecule has 5 nitrogen and oxygen atoms in total. The molecule has 1 aliphatic rings. The van der Waals surface area contributed by atoms with Crippen LogP contribution in [-0.2, 0) is 6.42 Å². The molecule has 0 bridgehead atoms. The summed E-state index contributed by atoms with van der Waals surface area (Å²) in [5, 5.41) is 10.4. The van der Waals surface area contributed by atoms with Crippen molar-refractivity contribution in [1.29, 1.82) is 0 Å². The summed E-state index contributed by atoms with van der Waals surface area (Å²) in [5.74, 6) is -0.217. The number of aliphatic hydroxyl groups is 1. The van der Waals surface area contributed by atoms with Gasteiger partial charge in [0.05, 0.1) is 5.60 Å². The number of H-pyrrole nitrogens is 1. The Morgan fingerprint density at radius 2 is 2.05 bits per heavy atom. The first-order chi connectivity index (χ1) is 9.43. The zero-order valence-corrected chi connectivity index (χ0v) is 12.1. The maximum Gasteiger partial charge on any atom is 0.253 e. The first-order valence-electron chi connectivity index (χ1n) is 7.14. The fourth-order valence-electron chi connectivity index (χ4n) is 2.84. The van der Waals surface area contributed by atoms with Gasteiger partial charge in [-0.3, -0.25) is 9.59 Å². The summed E-state index contributed by atoms with van der Waals surface area (Å²) >= 11 is 0. The van der Waals surface area contributed by atoms with Crippen LogP contribution in [0, 0.1) is 0 Å². The van der Waals surface area contributed by atoms with E-state index in [4.69, 9.17) is 0 Å². The summed E-state index contributed by atoms with van der Waals surface area (Å²) in [5.41, 5.74) is 0.100. The molecule has 1 heterocycles. The number of amides is 1. The predicted octanol–water partition coefficient (Wildman–Crippen LogP) is 1.31. The van der Waals surface area contributed by atoms with E-state index in [0.717, 1.165) is 31.4 Å². The molecule has 1 fully saturated rings. The van der Waals surface area contributed by atoms with Crippen LogP contribution < -0.4 is 5.56 Å². The molecular formula is C15H22N2O3. The van der Waals surface area contributed by atoms with E-state index in [9.17, 15) is 14.7 Å². The third kappa shape index (κ3) is 3.28. The molecule has 0 aromatic carbocycles. The number of likely N-dealkylation sites (N-methyl/N-ethyl adjacent to an activating group) is 1. The van der Waals surface area contributed by atoms with Gasteiger partial charge in [-0.1, -0.05) is 19.8 Å². The number of hydrogen-bond donors (Lipinski definition) is 2. The minimum Gasteiger partial charge on any atom is -0.388 e. The highest BCUT2D eigenvalue weighted by atomic mass is 16.3. The van der Waals surface area contributed by atoms with Gasteiger partial charge in [0, 0.05) is 30.9 Å². The van der Waals surface area contributed by atoms with Crippen molar-refractivity contribution in [3.05, 3.63) is 33.7 Å². The molecule has 0 radical (unpaired) electrons. The van der Waals surface area contributed by atoms with Crippen LogP contribution in [0.4, 0.5) is 0 Å². The third-order valence-electron chi connectivity index (χ3n) is 3.94. The smallest absolute Gasteiger partial charge is 0.253 e. The second-order valence-electron chi connectivity index (χ2n) is 5.70. The van der Waals surface area contributed by atoms with E-state index in [-0.39, 0.29) is 11.5 Å². The second-order valence-corrected chi connectivity index (χ2v) is 5.70. The van der Waals surface area contributed by atoms with Crippen molar-refractivity contribution in [2.45, 2.75) is 44.6 Å². The number of aromatic nitrogens is 1. The van der Waals surface area contributed by atoms with Crippen LogP contribution >= 0.6 is 0 Å². The topological polar surface area (TPSA) is 73.4 Å². The average Bonchev–Trinajstić information content (AvgIpc) is 2.83. The summed E-state index contributed by atoms with van der Waals surface area (Å²) in [4.78, 5) is 28.1. The summed E-state index contributed by atoms with van der Waals surface area (Å²) < 4.78 is 0. The van der Waals surface area contributed by atoms with Crippen LogP contribution in [0.3, 0.4) is 0 Å². The highest BCUT2D eigenvalue weighted by molar-refractivity contribution is 5.94. The fraction of sp³-hybridized carbons (Fsp3) is 0.600. The quantitative estimate of drug-likeness (QED) is 0.872. The Labute approximate surface area is 118 Å². The van der Waals surface area contributed by atoms with Gasteiger partial charge in [-0.25, -0.2) is 0 Å². The molecule has 0 saturated heterocycles. The number of carbonyl (C=O) groups excluding carboxylic acids is 1. The lowest BCUT2D eigenvalue weighted by Crippen LogP contribution is -2.42. The van der Waals surface area contributed by atoms with Crippen LogP contribution in [-0.4, -0.2) is 40.1 Å². The second kappa shape index (κ2) is 5.79. The van der Waals surface area contributed by atoms with Crippen molar-refractivity contribution in [2.24, 2.45) is 0 Å². The summed E-state index contributed by atoms with van der Waals surface area (Å²) in [6.07, 6.45) is 4.15. The van der Waals surface area contributed by atoms with Gasteiger partial charge in [-0.05, 0) is 25.3 Å². The number of hydrogen-bond acceptors (Lipinski definition) is 3. The minimum absolute atomic E-state index is 0.217. The van der Waals surface area contributed by atoms with Gasteiger partial charge in [-0.2, -0.15) is 0 Å². The van der Waals surface area contributed by atoms with Crippen LogP contribution in [0.15, 0.2) is 16.9 Å². The zero-order chi connectivity index (χ0) is 14.8. The van der Waals surface area contributed by atoms with E-state index in [0.29, 0.717) is 18.5 Å². The van der Waals surface area contributed by atoms with E-state index >= 15 is 0 Å². The lowest BCUT2D eigenvalue weighted by atomic mass is 10.0. The molecule has 1 amide bonds. The summed E-state index contributed by atoms with van der Waals surface area (Å²) in [6.45, 7) is 2.24. The Bertz CT molecular complexity index is 544. The first-order valence-corrected chi connectivity index (χ1v) is 7.14. The van der Waals surface area contributed by atoms with Gasteiger partial charge in [0.15, 0.2) is 0 Å². The maximum absolute atomic E-state index is 12.4. The molecule has 2 N–H and O–H groups in total. The molecule has 0 aliphatic heterocycles. The van der Waals surface area contributed by atoms with Crippen molar-refractivity contribution in [2.75, 3.05) is 13.6 Å². The average molecular weight is 278 g/mol. The maximum atomic E-state index is 12.4. The molecular weight excluding hydrogens is 256 g/mol. The lowest BCUT2D eigenvalue weighted by molar-refractivity contribution is 0.0156. The Hall–Kier alpha value is -1.62. The Morgan fingerprint density at radius 3 is 2.65 bits per heavy atom. The van der Waals surface area contributed by atoms with Crippen LogP contribution in [0.2, 0.25) is 0 Å². The van der Waals surface area contributed by atoms with Crippen molar-refractivity contribution in [3.63, 3.8) is 0 Å². The number of nitrogens with zero attached hydrogens (tertiary/aromatic N) is 1. The minimum atomic E-state index is -0.765. The van der Waals surface area contributed by atoms with Crippen molar-refractivity contribution >= 4 is 5.91 Å². The van der Waals surface area contributed by atoms with Gasteiger partial charge < -0.3 is 15.0 Å². The zero-order valence-electron chi connectivity index (χ0n) is 12.1. The molecule has 110 valence electrons. The van der Waals surface area contributed by atoms with E-state index < -0.39 is 5.60 Å². The van der Waals surface area contributed by atoms with E-state index in [1.165, 1.54) is 11.0 Å². The van der Waals surface area contributed by atoms with E-state index in [1.807, 2.05) is 6.92 Å². The van der Waals surface area contributed by atoms with Gasteiger partial charge in [0.2, 0.25) is 5.56 Å². The molecule has 0 atom stereocenters. The molecule has 1 aliphatic carbocycles. The number of pyridine rings is 1. The van der Waals surface area contributed by atoms with Gasteiger partial charge in [0.25, 0.3) is 5.91 Å². The number of nitrogens with one attached hydrogen (secondary N) is 1. The normalized spacial score (nSPS) is 17.1. The monoisotopic (exact) mass is 278 g/mol. The molecule has 1 saturated carbocycles. The SMILES string of the molecule is CCc1cc(C(=O)N(C)CC2(O)CCCC2)cc(=O)[nH]1. The van der Waals surface area contributed by atoms with Crippen LogP contribution in [0.25, 0.3) is 0 Å². The van der Waals surface area contributed by atoms with Gasteiger partial charge in [-0.15, -0.1) is 0 Å². The molecule has 0 spiro atoms. The number of rotatable bonds is 4. The fourth-order valence-corrected chi connectivity index (χ4v) is 2.84. The Kier molecular flexibility index (Phi) is 4.28. The number of carbonyl (C=O) groups is 1. The third-order valence-corrected chi connectivity index (χ3v) is 3.94. The first kappa shape index (κ1) is 14.8. The van der Waals surface area contributed by atoms with E-state index in [1.54, 1.807) is 13.1 Å². The Balaban J connectivity index is 2.14. The molecule has 20 heavy (non-hydrogen) atoms. The summed E-state index contributed by atoms with van der Waals surface area (Å²) in [7, 11) is 1.67. The molecule has 2 rings (SSSR count). The van der Waals surface area contributed by atoms with Gasteiger partial charge >= 0.3 is 0 Å². The molecule has 5 heteroatoms. The van der Waals surface area contributed by atoms with Crippen molar-refractivity contribution in [3.8, 4) is 0 Å².